The SMILES string of the molecule is O=[N+]([O-])c1ccc(C#C[C@H](O)c2ccc([N+](=O)[O-])cc2)cc1. The third-order valence-electron chi connectivity index (χ3n) is 2.85. The zero-order valence-corrected chi connectivity index (χ0v) is 11.2. The zero-order chi connectivity index (χ0) is 16.1. The molecule has 0 aliphatic heterocycles. The van der Waals surface area contributed by atoms with Crippen LogP contribution in [0, 0.1) is 32.1 Å². The van der Waals surface area contributed by atoms with Crippen LogP contribution in [0.2, 0.25) is 0 Å². The maximum atomic E-state index is 10.5. The van der Waals surface area contributed by atoms with Gasteiger partial charge in [0, 0.05) is 29.8 Å². The lowest BCUT2D eigenvalue weighted by Crippen LogP contribution is -1.95. The predicted molar refractivity (Wildman–Crippen MR) is 78.0 cm³/mol. The van der Waals surface area contributed by atoms with Gasteiger partial charge in [-0.3, -0.25) is 20.2 Å². The van der Waals surface area contributed by atoms with E-state index in [4.69, 9.17) is 0 Å². The van der Waals surface area contributed by atoms with Gasteiger partial charge in [0.2, 0.25) is 0 Å². The summed E-state index contributed by atoms with van der Waals surface area (Å²) in [6, 6.07) is 11.0. The molecule has 0 spiro atoms. The van der Waals surface area contributed by atoms with Crippen LogP contribution in [0.25, 0.3) is 0 Å². The molecule has 2 aromatic carbocycles. The van der Waals surface area contributed by atoms with Crippen molar-refractivity contribution in [3.8, 4) is 11.8 Å². The maximum absolute atomic E-state index is 10.5. The molecule has 0 amide bonds. The molecule has 1 atom stereocenters. The lowest BCUT2D eigenvalue weighted by atomic mass is 10.1. The summed E-state index contributed by atoms with van der Waals surface area (Å²) in [5.74, 6) is 5.27. The summed E-state index contributed by atoms with van der Waals surface area (Å²) in [4.78, 5) is 20.0. The molecule has 22 heavy (non-hydrogen) atoms. The molecule has 1 N–H and O–H groups in total. The number of nitro benzene ring substituents is 2. The normalized spacial score (nSPS) is 11.1. The molecule has 2 aromatic rings. The number of hydrogen-bond acceptors (Lipinski definition) is 5. The van der Waals surface area contributed by atoms with E-state index < -0.39 is 16.0 Å². The van der Waals surface area contributed by atoms with Crippen molar-refractivity contribution in [3.63, 3.8) is 0 Å². The first-order valence-corrected chi connectivity index (χ1v) is 6.16. The summed E-state index contributed by atoms with van der Waals surface area (Å²) in [5.41, 5.74) is 0.840. The molecule has 0 aromatic heterocycles. The molecule has 7 heteroatoms. The Balaban J connectivity index is 2.13. The van der Waals surface area contributed by atoms with Crippen molar-refractivity contribution in [1.82, 2.24) is 0 Å². The molecule has 2 rings (SSSR count). The van der Waals surface area contributed by atoms with E-state index in [-0.39, 0.29) is 11.4 Å². The highest BCUT2D eigenvalue weighted by Gasteiger charge is 2.08. The lowest BCUT2D eigenvalue weighted by Gasteiger charge is -2.02. The van der Waals surface area contributed by atoms with Gasteiger partial charge in [-0.15, -0.1) is 0 Å². The molecule has 0 bridgehead atoms. The molecule has 0 fully saturated rings. The Hall–Kier alpha value is -3.24. The maximum Gasteiger partial charge on any atom is 0.269 e. The number of benzene rings is 2. The molecule has 7 nitrogen and oxygen atoms in total. The second-order valence-corrected chi connectivity index (χ2v) is 4.32. The van der Waals surface area contributed by atoms with E-state index in [1.807, 2.05) is 0 Å². The number of hydrogen-bond donors (Lipinski definition) is 1. The first kappa shape index (κ1) is 15.2. The highest BCUT2D eigenvalue weighted by Crippen LogP contribution is 2.17. The van der Waals surface area contributed by atoms with Crippen LogP contribution in [0.5, 0.6) is 0 Å². The van der Waals surface area contributed by atoms with E-state index in [2.05, 4.69) is 11.8 Å². The van der Waals surface area contributed by atoms with E-state index in [0.717, 1.165) is 0 Å². The Kier molecular flexibility index (Phi) is 4.46. The van der Waals surface area contributed by atoms with E-state index in [1.165, 1.54) is 48.5 Å². The van der Waals surface area contributed by atoms with Gasteiger partial charge < -0.3 is 5.11 Å². The molecule has 0 aliphatic carbocycles. The van der Waals surface area contributed by atoms with E-state index in [1.54, 1.807) is 0 Å². The van der Waals surface area contributed by atoms with Crippen LogP contribution >= 0.6 is 0 Å². The van der Waals surface area contributed by atoms with Crippen molar-refractivity contribution in [2.24, 2.45) is 0 Å². The molecule has 0 aliphatic rings. The van der Waals surface area contributed by atoms with Gasteiger partial charge in [-0.05, 0) is 29.8 Å². The third kappa shape index (κ3) is 3.65. The molecule has 0 saturated carbocycles. The smallest absolute Gasteiger partial charge is 0.269 e. The zero-order valence-electron chi connectivity index (χ0n) is 11.2. The average Bonchev–Trinajstić information content (AvgIpc) is 2.53. The Bertz CT molecular complexity index is 757. The Morgan fingerprint density at radius 2 is 1.32 bits per heavy atom. The van der Waals surface area contributed by atoms with E-state index in [9.17, 15) is 25.3 Å². The molecule has 0 unspecified atom stereocenters. The second kappa shape index (κ2) is 6.47. The van der Waals surface area contributed by atoms with Crippen LogP contribution < -0.4 is 0 Å². The summed E-state index contributed by atoms with van der Waals surface area (Å²) >= 11 is 0. The van der Waals surface area contributed by atoms with Gasteiger partial charge in [0.25, 0.3) is 11.4 Å². The first-order valence-electron chi connectivity index (χ1n) is 6.16. The summed E-state index contributed by atoms with van der Waals surface area (Å²) in [7, 11) is 0. The Morgan fingerprint density at radius 1 is 0.864 bits per heavy atom. The van der Waals surface area contributed by atoms with Gasteiger partial charge >= 0.3 is 0 Å². The topological polar surface area (TPSA) is 107 Å². The van der Waals surface area contributed by atoms with Gasteiger partial charge in [-0.25, -0.2) is 0 Å². The lowest BCUT2D eigenvalue weighted by molar-refractivity contribution is -0.385. The van der Waals surface area contributed by atoms with Crippen molar-refractivity contribution in [2.45, 2.75) is 6.10 Å². The van der Waals surface area contributed by atoms with Gasteiger partial charge in [0.1, 0.15) is 6.10 Å². The molecular weight excluding hydrogens is 288 g/mol. The van der Waals surface area contributed by atoms with Crippen molar-refractivity contribution in [3.05, 3.63) is 79.9 Å². The van der Waals surface area contributed by atoms with Crippen LogP contribution in [0.15, 0.2) is 48.5 Å². The van der Waals surface area contributed by atoms with Gasteiger partial charge in [0.15, 0.2) is 0 Å². The number of aliphatic hydroxyl groups is 1. The van der Waals surface area contributed by atoms with E-state index in [0.29, 0.717) is 11.1 Å². The summed E-state index contributed by atoms with van der Waals surface area (Å²) < 4.78 is 0. The minimum atomic E-state index is -1.10. The average molecular weight is 298 g/mol. The minimum Gasteiger partial charge on any atom is -0.376 e. The highest BCUT2D eigenvalue weighted by molar-refractivity contribution is 5.43. The number of non-ortho nitro benzene ring substituents is 2. The van der Waals surface area contributed by atoms with Crippen molar-refractivity contribution >= 4 is 11.4 Å². The van der Waals surface area contributed by atoms with Gasteiger partial charge in [0.05, 0.1) is 9.85 Å². The van der Waals surface area contributed by atoms with E-state index >= 15 is 0 Å². The standard InChI is InChI=1S/C15H10N2O5/c18-15(12-4-8-14(9-5-12)17(21)22)10-3-11-1-6-13(7-2-11)16(19)20/h1-2,4-9,15,18H/t15-/m0/s1. The fraction of sp³-hybridized carbons (Fsp3) is 0.0667. The summed E-state index contributed by atoms with van der Waals surface area (Å²) in [6.45, 7) is 0. The van der Waals surface area contributed by atoms with Crippen molar-refractivity contribution < 1.29 is 15.0 Å². The van der Waals surface area contributed by atoms with Crippen LogP contribution in [0.4, 0.5) is 11.4 Å². The summed E-state index contributed by atoms with van der Waals surface area (Å²) in [5, 5.41) is 31.0. The molecular formula is C15H10N2O5. The number of nitro groups is 2. The fourth-order valence-electron chi connectivity index (χ4n) is 1.68. The molecule has 0 heterocycles. The van der Waals surface area contributed by atoms with Crippen LogP contribution in [0.1, 0.15) is 17.2 Å². The largest absolute Gasteiger partial charge is 0.376 e. The number of aliphatic hydroxyl groups excluding tert-OH is 1. The van der Waals surface area contributed by atoms with Crippen molar-refractivity contribution in [1.29, 1.82) is 0 Å². The third-order valence-corrected chi connectivity index (χ3v) is 2.85. The second-order valence-electron chi connectivity index (χ2n) is 4.32. The Labute approximate surface area is 125 Å². The summed E-state index contributed by atoms with van der Waals surface area (Å²) in [6.07, 6.45) is -1.10. The first-order chi connectivity index (χ1) is 10.5. The van der Waals surface area contributed by atoms with Crippen LogP contribution in [0.3, 0.4) is 0 Å². The number of nitrogens with zero attached hydrogens (tertiary/aromatic N) is 2. The predicted octanol–water partition coefficient (Wildman–Crippen LogP) is 2.59. The quantitative estimate of drug-likeness (QED) is 0.532. The molecule has 0 radical (unpaired) electrons. The molecule has 0 saturated heterocycles. The van der Waals surface area contributed by atoms with Crippen LogP contribution in [-0.4, -0.2) is 15.0 Å². The number of rotatable bonds is 3. The van der Waals surface area contributed by atoms with Gasteiger partial charge in [-0.1, -0.05) is 11.8 Å². The molecule has 110 valence electrons. The monoisotopic (exact) mass is 298 g/mol. The van der Waals surface area contributed by atoms with Crippen LogP contribution in [-0.2, 0) is 0 Å². The Morgan fingerprint density at radius 3 is 1.77 bits per heavy atom. The highest BCUT2D eigenvalue weighted by atomic mass is 16.6. The van der Waals surface area contributed by atoms with Crippen molar-refractivity contribution in [2.75, 3.05) is 0 Å². The van der Waals surface area contributed by atoms with Gasteiger partial charge in [-0.2, -0.15) is 0 Å². The minimum absolute atomic E-state index is 0.0403. The fourth-order valence-corrected chi connectivity index (χ4v) is 1.68.